The molecule has 1 aliphatic heterocycles. The number of hydrogen-bond donors (Lipinski definition) is 16. The number of para-hydroxylation sites is 1. The van der Waals surface area contributed by atoms with E-state index in [0.717, 1.165) is 134 Å². The first-order chi connectivity index (χ1) is 57.3. The number of halogens is 3. The highest BCUT2D eigenvalue weighted by Gasteiger charge is 2.55. The first-order valence-corrected chi connectivity index (χ1v) is 47.2. The molecule has 6 aromatic rings. The van der Waals surface area contributed by atoms with Crippen molar-refractivity contribution in [1.82, 2.24) is 55.5 Å². The largest absolute Gasteiger partial charge is 0.444 e. The number of nitrogens with one attached hydrogen (secondary N) is 7. The monoisotopic (exact) mass is 2080 g/mol. The SMILES string of the molecule is CCC1C[C@@H](Nc2nc(C)nc(C)c2I)[C@H](O)[C@H]1C.CCC1C[C@@H](Nc2nc(C)nc(C)c2I)[C@H](O)[C@H]1C.CN[C@@H]1CC(CO)[C@H]2OC21.C[C@H]1C(CO)C[C@@H](NC(=O)OC(C)(C)C)[C@@H]1O.Cc1nc(C)c(I)c(N[C@@H]2CC(CO)[C@H](C)[C@H]2O)n1.Cc1nc(NCC2CC2)nc(N[C@@H]2C[C@H](CO)[C@H](C)[C@H]2O)c1-c1nc2ccccc2s1.O=S=O.O=S=O. The van der Waals surface area contributed by atoms with Gasteiger partial charge in [0.2, 0.25) is 5.95 Å². The van der Waals surface area contributed by atoms with Crippen LogP contribution in [-0.2, 0) is 32.6 Å². The lowest BCUT2D eigenvalue weighted by molar-refractivity contribution is 0.0419. The summed E-state index contributed by atoms with van der Waals surface area (Å²) >= 11 is 6.87. The minimum absolute atomic E-state index is 0.0139. The van der Waals surface area contributed by atoms with Crippen LogP contribution in [0.1, 0.15) is 174 Å². The molecule has 1 aromatic carbocycles. The summed E-state index contributed by atoms with van der Waals surface area (Å²) < 4.78 is 47.8. The number of benzene rings is 1. The lowest BCUT2D eigenvalue weighted by Crippen LogP contribution is -2.43. The summed E-state index contributed by atoms with van der Waals surface area (Å²) in [7, 11) is 1.95. The quantitative estimate of drug-likeness (QED) is 0.0249. The number of anilines is 5. The number of carbonyl (C=O) groups excluding carboxylic acids is 1. The molecule has 1 saturated heterocycles. The molecule has 0 spiro atoms. The van der Waals surface area contributed by atoms with Gasteiger partial charge in [0.1, 0.15) is 51.4 Å². The number of aliphatic hydroxyl groups excluding tert-OH is 9. The first kappa shape index (κ1) is 103. The van der Waals surface area contributed by atoms with Crippen molar-refractivity contribution in [3.8, 4) is 10.6 Å². The Morgan fingerprint density at radius 3 is 1.20 bits per heavy atom. The van der Waals surface area contributed by atoms with E-state index in [1.807, 2.05) is 94.5 Å². The van der Waals surface area contributed by atoms with Crippen LogP contribution in [0.2, 0.25) is 0 Å². The Morgan fingerprint density at radius 2 is 0.860 bits per heavy atom. The summed E-state index contributed by atoms with van der Waals surface area (Å²) in [6.45, 7) is 34.9. The van der Waals surface area contributed by atoms with Crippen LogP contribution < -0.4 is 37.2 Å². The molecule has 5 aromatic heterocycles. The van der Waals surface area contributed by atoms with E-state index < -0.39 is 53.1 Å². The molecule has 8 fully saturated rings. The number of aryl methyl sites for hydroxylation is 7. The third kappa shape index (κ3) is 28.5. The molecule has 14 rings (SSSR count). The molecule has 16 N–H and O–H groups in total. The highest BCUT2D eigenvalue weighted by Crippen LogP contribution is 2.45. The molecule has 121 heavy (non-hydrogen) atoms. The van der Waals surface area contributed by atoms with Gasteiger partial charge < -0.3 is 92.6 Å². The molecule has 0 bridgehead atoms. The molecular weight excluding hydrogens is 1950 g/mol. The number of amides is 1. The lowest BCUT2D eigenvalue weighted by atomic mass is 9.95. The topological polar surface area (TPSA) is 489 Å². The van der Waals surface area contributed by atoms with Crippen LogP contribution in [0, 0.1) is 130 Å². The Hall–Kier alpha value is -4.91. The van der Waals surface area contributed by atoms with E-state index >= 15 is 0 Å². The highest BCUT2D eigenvalue weighted by molar-refractivity contribution is 14.1. The number of epoxide rings is 1. The zero-order valence-corrected chi connectivity index (χ0v) is 81.5. The molecule has 0 radical (unpaired) electrons. The van der Waals surface area contributed by atoms with Gasteiger partial charge in [-0.05, 0) is 273 Å². The van der Waals surface area contributed by atoms with Gasteiger partial charge in [0, 0.05) is 44.9 Å². The van der Waals surface area contributed by atoms with Crippen molar-refractivity contribution in [2.24, 2.45) is 71.0 Å². The van der Waals surface area contributed by atoms with Gasteiger partial charge in [-0.3, -0.25) is 0 Å². The van der Waals surface area contributed by atoms with Crippen LogP contribution in [0.3, 0.4) is 0 Å². The number of aromatic nitrogens is 9. The van der Waals surface area contributed by atoms with Gasteiger partial charge in [-0.15, -0.1) is 11.3 Å². The summed E-state index contributed by atoms with van der Waals surface area (Å²) in [5, 5.41) is 112. The minimum atomic E-state index is -0.750. The zero-order chi connectivity index (χ0) is 89.8. The molecule has 1 amide bonds. The molecule has 7 aliphatic carbocycles. The summed E-state index contributed by atoms with van der Waals surface area (Å²) in [4.78, 5) is 52.3. The van der Waals surface area contributed by atoms with Crippen molar-refractivity contribution in [3.63, 3.8) is 0 Å². The van der Waals surface area contributed by atoms with E-state index in [1.54, 1.807) is 32.1 Å². The summed E-state index contributed by atoms with van der Waals surface area (Å²) in [5.41, 5.74) is 5.06. The fraction of sp³-hybridized carbons (Fsp3) is 0.711. The van der Waals surface area contributed by atoms with Crippen molar-refractivity contribution in [1.29, 1.82) is 0 Å². The Labute approximate surface area is 763 Å². The minimum Gasteiger partial charge on any atom is -0.444 e. The molecule has 6 heterocycles. The number of fused-ring (bicyclic) bond motifs is 2. The number of carbonyl (C=O) groups is 1. The molecule has 38 heteroatoms. The number of alkyl carbamates (subject to hydrolysis) is 1. The Kier molecular flexibility index (Phi) is 41.2. The van der Waals surface area contributed by atoms with Gasteiger partial charge in [0.25, 0.3) is 0 Å². The fourth-order valence-corrected chi connectivity index (χ4v) is 19.4. The predicted octanol–water partition coefficient (Wildman–Crippen LogP) is 9.87. The van der Waals surface area contributed by atoms with Gasteiger partial charge in [-0.1, -0.05) is 73.4 Å². The first-order valence-electron chi connectivity index (χ1n) is 41.8. The third-order valence-corrected chi connectivity index (χ3v) is 29.7. The van der Waals surface area contributed by atoms with E-state index in [-0.39, 0.29) is 104 Å². The summed E-state index contributed by atoms with van der Waals surface area (Å²) in [6, 6.07) is 8.20. The lowest BCUT2D eigenvalue weighted by Gasteiger charge is -2.23. The molecule has 6 unspecified atom stereocenters. The predicted molar refractivity (Wildman–Crippen MR) is 495 cm³/mol. The normalized spacial score (nSPS) is 30.2. The van der Waals surface area contributed by atoms with Crippen molar-refractivity contribution in [2.45, 2.75) is 266 Å². The standard InChI is InChI=1S/C23H29N5O2S.2C14H22IN3O.C13H20IN3O2.C12H23NO4.C7H13NO2.2O2S/c1-12-15(11-29)9-17(20(12)30)26-21-19(22-27-16-5-3-4-6-18(16)31-22)13(2)25-23(28-21)24-10-14-7-8-14;2*1-5-10-6-11(13(19)7(10)2)18-14-12(15)8(3)16-9(4)17-14;1-6-9(5-18)4-10(12(6)19)17-13-11(14)7(2)15-8(3)16-13;1-7-8(6-14)5-9(10(7)15)13-11(16)17-12(2,3)4;1-8-5-2-4(3-9)6-7(5)10-6;2*1-3-2/h3-6,12,14-15,17,20,29-30H,7-11H2,1-2H3,(H2,24,25,26,28);2*7,10-11,13,19H,5-6H2,1-4H3,(H,16,17,18);6,9-10,12,18-19H,4-5H2,1-3H3,(H,15,16,17);7-10,14-15H,5-6H2,1-4H3,(H,13,16);4-9H,2-3H2,1H3;;/t12-,15+,17+,20+;2*7-,10?,11+,13+;6-,9?,10+,12+;7-,8?,9+,10+;4?,5-,6-,7?;;/m000001../s1. The average Bonchev–Trinajstić information content (AvgIpc) is 1.60. The average molecular weight is 2080 g/mol. The molecule has 8 aliphatic rings. The van der Waals surface area contributed by atoms with Crippen LogP contribution in [0.4, 0.5) is 34.0 Å². The van der Waals surface area contributed by atoms with Crippen LogP contribution in [-0.4, -0.2) is 238 Å². The van der Waals surface area contributed by atoms with Crippen LogP contribution in [0.25, 0.3) is 20.8 Å². The maximum absolute atomic E-state index is 11.6. The number of aliphatic hydroxyl groups is 9. The van der Waals surface area contributed by atoms with Crippen LogP contribution >= 0.6 is 79.1 Å². The van der Waals surface area contributed by atoms with E-state index in [4.69, 9.17) is 51.5 Å². The number of rotatable bonds is 20. The Bertz CT molecular complexity index is 4120. The Balaban J connectivity index is 0.000000202. The highest BCUT2D eigenvalue weighted by atomic mass is 127. The van der Waals surface area contributed by atoms with Crippen molar-refractivity contribution >= 4 is 148 Å². The smallest absolute Gasteiger partial charge is 0.407 e. The van der Waals surface area contributed by atoms with Crippen molar-refractivity contribution in [2.75, 3.05) is 66.6 Å². The van der Waals surface area contributed by atoms with Crippen molar-refractivity contribution < 1.29 is 77.1 Å². The second-order valence-corrected chi connectivity index (χ2v) is 38.9. The third-order valence-electron chi connectivity index (χ3n) is 24.8. The van der Waals surface area contributed by atoms with Gasteiger partial charge in [-0.25, -0.2) is 44.7 Å². The van der Waals surface area contributed by atoms with Crippen molar-refractivity contribution in [3.05, 3.63) is 75.2 Å². The van der Waals surface area contributed by atoms with Gasteiger partial charge in [0.05, 0.1) is 122 Å². The number of ether oxygens (including phenoxy) is 2. The van der Waals surface area contributed by atoms with E-state index in [0.29, 0.717) is 78.4 Å². The zero-order valence-electron chi connectivity index (χ0n) is 72.6. The van der Waals surface area contributed by atoms with Gasteiger partial charge >= 0.3 is 29.2 Å². The van der Waals surface area contributed by atoms with Gasteiger partial charge in [0.15, 0.2) is 0 Å². The fourth-order valence-electron chi connectivity index (χ4n) is 17.1. The number of hydrogen-bond acceptors (Lipinski definition) is 32. The van der Waals surface area contributed by atoms with E-state index in [9.17, 15) is 40.5 Å². The molecule has 7 saturated carbocycles. The van der Waals surface area contributed by atoms with E-state index in [1.165, 1.54) is 12.8 Å². The summed E-state index contributed by atoms with van der Waals surface area (Å²) in [5.74, 6) is 9.43. The maximum atomic E-state index is 11.6. The second-order valence-electron chi connectivity index (χ2n) is 34.3. The van der Waals surface area contributed by atoms with Gasteiger partial charge in [-0.2, -0.15) is 21.8 Å². The number of nitrogens with zero attached hydrogens (tertiary/aromatic N) is 9. The van der Waals surface area contributed by atoms with E-state index in [2.05, 4.69) is 169 Å². The Morgan fingerprint density at radius 1 is 0.496 bits per heavy atom. The summed E-state index contributed by atoms with van der Waals surface area (Å²) in [6.07, 6.45) is 7.93. The second kappa shape index (κ2) is 48.3. The maximum Gasteiger partial charge on any atom is 0.407 e. The molecule has 676 valence electrons. The van der Waals surface area contributed by atoms with Crippen LogP contribution in [0.15, 0.2) is 24.3 Å². The van der Waals surface area contributed by atoms with Crippen LogP contribution in [0.5, 0.6) is 0 Å². The number of thiazole rings is 1. The molecular formula is C83H129I3N16O16S3. The number of likely N-dealkylation sites (N-methyl/N-ethyl adjacent to an activating group) is 1. The molecule has 32 nitrogen and oxygen atoms in total. The molecule has 24 atom stereocenters.